The van der Waals surface area contributed by atoms with Crippen LogP contribution in [0.3, 0.4) is 0 Å². The Morgan fingerprint density at radius 3 is 2.71 bits per heavy atom. The highest BCUT2D eigenvalue weighted by Gasteiger charge is 2.06. The summed E-state index contributed by atoms with van der Waals surface area (Å²) in [5.74, 6) is 1.12. The first-order valence-corrected chi connectivity index (χ1v) is 7.15. The fourth-order valence-electron chi connectivity index (χ4n) is 2.17. The normalized spacial score (nSPS) is 10.9. The Morgan fingerprint density at radius 1 is 1.08 bits per heavy atom. The number of esters is 1. The molecule has 0 aliphatic rings. The molecule has 0 unspecified atom stereocenters. The second-order valence-corrected chi connectivity index (χ2v) is 4.85. The lowest BCUT2D eigenvalue weighted by Crippen LogP contribution is -2.03. The van der Waals surface area contributed by atoms with Gasteiger partial charge in [-0.3, -0.25) is 0 Å². The maximum atomic E-state index is 11.9. The standard InChI is InChI=1S/C18H15NO5/c1-21-16-6-3-12(9-17(16)22-2)4-8-18(20)24-13-5-7-15-14(10-13)19-11-23-15/h3-11H,1-2H3/b8-4+. The fourth-order valence-corrected chi connectivity index (χ4v) is 2.17. The van der Waals surface area contributed by atoms with Crippen LogP contribution in [-0.4, -0.2) is 25.2 Å². The summed E-state index contributed by atoms with van der Waals surface area (Å²) in [4.78, 5) is 15.9. The Morgan fingerprint density at radius 2 is 1.92 bits per heavy atom. The molecule has 2 aromatic carbocycles. The van der Waals surface area contributed by atoms with Gasteiger partial charge in [0, 0.05) is 12.1 Å². The third kappa shape index (κ3) is 3.38. The number of nitrogens with zero attached hydrogens (tertiary/aromatic N) is 1. The molecular weight excluding hydrogens is 310 g/mol. The summed E-state index contributed by atoms with van der Waals surface area (Å²) < 4.78 is 20.8. The van der Waals surface area contributed by atoms with Crippen molar-refractivity contribution in [3.63, 3.8) is 0 Å². The number of methoxy groups -OCH3 is 2. The van der Waals surface area contributed by atoms with E-state index in [9.17, 15) is 4.79 Å². The predicted octanol–water partition coefficient (Wildman–Crippen LogP) is 3.46. The highest BCUT2D eigenvalue weighted by Crippen LogP contribution is 2.28. The number of ether oxygens (including phenoxy) is 3. The maximum Gasteiger partial charge on any atom is 0.336 e. The summed E-state index contributed by atoms with van der Waals surface area (Å²) in [7, 11) is 3.12. The predicted molar refractivity (Wildman–Crippen MR) is 88.2 cm³/mol. The molecule has 0 atom stereocenters. The minimum Gasteiger partial charge on any atom is -0.493 e. The Bertz CT molecular complexity index is 897. The summed E-state index contributed by atoms with van der Waals surface area (Å²) in [5, 5.41) is 0. The zero-order chi connectivity index (χ0) is 16.9. The van der Waals surface area contributed by atoms with Gasteiger partial charge >= 0.3 is 5.97 Å². The van der Waals surface area contributed by atoms with E-state index in [0.717, 1.165) is 5.56 Å². The average molecular weight is 325 g/mol. The van der Waals surface area contributed by atoms with Crippen molar-refractivity contribution in [2.75, 3.05) is 14.2 Å². The molecule has 24 heavy (non-hydrogen) atoms. The molecule has 0 aliphatic heterocycles. The van der Waals surface area contributed by atoms with Gasteiger partial charge in [0.25, 0.3) is 0 Å². The Labute approximate surface area is 138 Å². The van der Waals surface area contributed by atoms with Gasteiger partial charge in [-0.2, -0.15) is 0 Å². The maximum absolute atomic E-state index is 11.9. The molecule has 1 aromatic heterocycles. The first kappa shape index (κ1) is 15.6. The van der Waals surface area contributed by atoms with E-state index in [1.807, 2.05) is 6.07 Å². The molecule has 6 heteroatoms. The van der Waals surface area contributed by atoms with E-state index in [4.69, 9.17) is 18.6 Å². The number of carbonyl (C=O) groups is 1. The first-order chi connectivity index (χ1) is 11.7. The summed E-state index contributed by atoms with van der Waals surface area (Å²) in [6.07, 6.45) is 4.32. The first-order valence-electron chi connectivity index (χ1n) is 7.15. The fraction of sp³-hybridized carbons (Fsp3) is 0.111. The minimum atomic E-state index is -0.493. The number of rotatable bonds is 5. The van der Waals surface area contributed by atoms with Crippen molar-refractivity contribution in [2.45, 2.75) is 0 Å². The highest BCUT2D eigenvalue weighted by molar-refractivity contribution is 5.89. The molecule has 122 valence electrons. The van der Waals surface area contributed by atoms with Crippen LogP contribution in [0.2, 0.25) is 0 Å². The third-order valence-electron chi connectivity index (χ3n) is 3.34. The zero-order valence-corrected chi connectivity index (χ0v) is 13.2. The summed E-state index contributed by atoms with van der Waals surface area (Å²) in [6.45, 7) is 0. The van der Waals surface area contributed by atoms with Crippen molar-refractivity contribution in [3.05, 3.63) is 54.4 Å². The second-order valence-electron chi connectivity index (χ2n) is 4.85. The van der Waals surface area contributed by atoms with E-state index in [2.05, 4.69) is 4.98 Å². The lowest BCUT2D eigenvalue weighted by molar-refractivity contribution is -0.128. The van der Waals surface area contributed by atoms with E-state index in [0.29, 0.717) is 28.3 Å². The van der Waals surface area contributed by atoms with Crippen molar-refractivity contribution >= 4 is 23.1 Å². The van der Waals surface area contributed by atoms with Crippen molar-refractivity contribution in [1.82, 2.24) is 4.98 Å². The monoisotopic (exact) mass is 325 g/mol. The van der Waals surface area contributed by atoms with Crippen molar-refractivity contribution in [3.8, 4) is 17.2 Å². The largest absolute Gasteiger partial charge is 0.493 e. The summed E-state index contributed by atoms with van der Waals surface area (Å²) in [6, 6.07) is 10.3. The minimum absolute atomic E-state index is 0.401. The van der Waals surface area contributed by atoms with Gasteiger partial charge in [-0.25, -0.2) is 9.78 Å². The molecule has 1 heterocycles. The van der Waals surface area contributed by atoms with E-state index in [-0.39, 0.29) is 0 Å². The molecule has 0 amide bonds. The Balaban J connectivity index is 1.70. The van der Waals surface area contributed by atoms with E-state index < -0.39 is 5.97 Å². The second kappa shape index (κ2) is 6.87. The third-order valence-corrected chi connectivity index (χ3v) is 3.34. The van der Waals surface area contributed by atoms with Gasteiger partial charge in [0.2, 0.25) is 0 Å². The molecule has 3 aromatic rings. The van der Waals surface area contributed by atoms with Gasteiger partial charge in [-0.05, 0) is 35.9 Å². The Kier molecular flexibility index (Phi) is 4.47. The molecule has 0 N–H and O–H groups in total. The van der Waals surface area contributed by atoms with E-state index >= 15 is 0 Å². The van der Waals surface area contributed by atoms with Gasteiger partial charge in [0.05, 0.1) is 14.2 Å². The number of hydrogen-bond acceptors (Lipinski definition) is 6. The highest BCUT2D eigenvalue weighted by atomic mass is 16.5. The molecule has 6 nitrogen and oxygen atoms in total. The van der Waals surface area contributed by atoms with Gasteiger partial charge in [-0.1, -0.05) is 6.07 Å². The number of hydrogen-bond donors (Lipinski definition) is 0. The van der Waals surface area contributed by atoms with Crippen LogP contribution in [-0.2, 0) is 4.79 Å². The van der Waals surface area contributed by atoms with Crippen LogP contribution in [0.5, 0.6) is 17.2 Å². The molecule has 0 saturated heterocycles. The molecule has 0 bridgehead atoms. The molecule has 3 rings (SSSR count). The van der Waals surface area contributed by atoms with Gasteiger partial charge in [-0.15, -0.1) is 0 Å². The quantitative estimate of drug-likeness (QED) is 0.406. The number of carbonyl (C=O) groups excluding carboxylic acids is 1. The lowest BCUT2D eigenvalue weighted by Gasteiger charge is -2.07. The zero-order valence-electron chi connectivity index (χ0n) is 13.2. The van der Waals surface area contributed by atoms with Crippen LogP contribution in [0.25, 0.3) is 17.2 Å². The SMILES string of the molecule is COc1ccc(/C=C/C(=O)Oc2ccc3ocnc3c2)cc1OC. The van der Waals surface area contributed by atoms with E-state index in [1.165, 1.54) is 12.5 Å². The van der Waals surface area contributed by atoms with Crippen LogP contribution < -0.4 is 14.2 Å². The van der Waals surface area contributed by atoms with Crippen LogP contribution in [0, 0.1) is 0 Å². The van der Waals surface area contributed by atoms with Crippen LogP contribution >= 0.6 is 0 Å². The van der Waals surface area contributed by atoms with Gasteiger partial charge < -0.3 is 18.6 Å². The van der Waals surface area contributed by atoms with Crippen molar-refractivity contribution < 1.29 is 23.4 Å². The topological polar surface area (TPSA) is 70.8 Å². The molecule has 0 fully saturated rings. The number of benzene rings is 2. The number of aromatic nitrogens is 1. The smallest absolute Gasteiger partial charge is 0.336 e. The van der Waals surface area contributed by atoms with Crippen LogP contribution in [0.4, 0.5) is 0 Å². The molecule has 0 spiro atoms. The molecule has 0 radical (unpaired) electrons. The summed E-state index contributed by atoms with van der Waals surface area (Å²) in [5.41, 5.74) is 2.05. The van der Waals surface area contributed by atoms with Crippen LogP contribution in [0.15, 0.2) is 53.3 Å². The Hall–Kier alpha value is -3.28. The lowest BCUT2D eigenvalue weighted by atomic mass is 10.2. The van der Waals surface area contributed by atoms with Crippen molar-refractivity contribution in [1.29, 1.82) is 0 Å². The van der Waals surface area contributed by atoms with Crippen molar-refractivity contribution in [2.24, 2.45) is 0 Å². The average Bonchev–Trinajstić information content (AvgIpc) is 3.07. The molecular formula is C18H15NO5. The number of oxazole rings is 1. The number of fused-ring (bicyclic) bond motifs is 1. The van der Waals surface area contributed by atoms with Gasteiger partial charge in [0.1, 0.15) is 11.3 Å². The summed E-state index contributed by atoms with van der Waals surface area (Å²) >= 11 is 0. The molecule has 0 aliphatic carbocycles. The molecule has 0 saturated carbocycles. The van der Waals surface area contributed by atoms with Gasteiger partial charge in [0.15, 0.2) is 23.5 Å². The van der Waals surface area contributed by atoms with Crippen LogP contribution in [0.1, 0.15) is 5.56 Å². The van der Waals surface area contributed by atoms with E-state index in [1.54, 1.807) is 50.6 Å².